The maximum atomic E-state index is 12.2. The highest BCUT2D eigenvalue weighted by atomic mass is 16.1. The van der Waals surface area contributed by atoms with E-state index in [9.17, 15) is 4.79 Å². The number of rotatable bonds is 2. The first-order chi connectivity index (χ1) is 14.5. The highest BCUT2D eigenvalue weighted by molar-refractivity contribution is 5.82. The molecule has 30 heavy (non-hydrogen) atoms. The van der Waals surface area contributed by atoms with Crippen molar-refractivity contribution in [3.05, 3.63) is 34.2 Å². The van der Waals surface area contributed by atoms with E-state index in [-0.39, 0.29) is 5.69 Å². The summed E-state index contributed by atoms with van der Waals surface area (Å²) in [6.45, 7) is 11.7. The molecule has 164 valence electrons. The molecule has 2 aromatic rings. The lowest BCUT2D eigenvalue weighted by Crippen LogP contribution is -2.52. The van der Waals surface area contributed by atoms with E-state index < -0.39 is 0 Å². The van der Waals surface area contributed by atoms with Gasteiger partial charge in [0, 0.05) is 46.3 Å². The van der Waals surface area contributed by atoms with Crippen molar-refractivity contribution in [1.29, 1.82) is 0 Å². The van der Waals surface area contributed by atoms with Gasteiger partial charge >= 0.3 is 5.69 Å². The van der Waals surface area contributed by atoms with Crippen LogP contribution >= 0.6 is 0 Å². The quantitative estimate of drug-likeness (QED) is 0.708. The Morgan fingerprint density at radius 1 is 0.933 bits per heavy atom. The molecule has 0 radical (unpaired) electrons. The topological polar surface area (TPSA) is 36.6 Å². The molecule has 1 aromatic carbocycles. The summed E-state index contributed by atoms with van der Waals surface area (Å²) in [7, 11) is 5.85. The molecule has 6 heteroatoms. The van der Waals surface area contributed by atoms with Gasteiger partial charge in [-0.3, -0.25) is 18.9 Å². The Bertz CT molecular complexity index is 948. The molecule has 2 saturated heterocycles. The van der Waals surface area contributed by atoms with Crippen LogP contribution in [0.3, 0.4) is 0 Å². The van der Waals surface area contributed by atoms with E-state index >= 15 is 0 Å². The van der Waals surface area contributed by atoms with E-state index in [1.54, 1.807) is 9.13 Å². The number of para-hydroxylation sites is 1. The van der Waals surface area contributed by atoms with Gasteiger partial charge in [0.15, 0.2) is 0 Å². The van der Waals surface area contributed by atoms with Crippen LogP contribution in [-0.2, 0) is 14.1 Å². The average molecular weight is 412 g/mol. The number of aryl methyl sites for hydroxylation is 2. The number of aromatic nitrogens is 2. The maximum Gasteiger partial charge on any atom is 0.328 e. The summed E-state index contributed by atoms with van der Waals surface area (Å²) in [4.78, 5) is 19.8. The van der Waals surface area contributed by atoms with Gasteiger partial charge in [0.25, 0.3) is 0 Å². The van der Waals surface area contributed by atoms with Crippen LogP contribution in [0.5, 0.6) is 0 Å². The van der Waals surface area contributed by atoms with E-state index in [1.165, 1.54) is 25.9 Å². The zero-order valence-electron chi connectivity index (χ0n) is 19.3. The Balaban J connectivity index is 0.00000124. The number of nitrogens with zero attached hydrogens (tertiary/aromatic N) is 5. The minimum absolute atomic E-state index is 0.00530. The molecule has 2 aliphatic heterocycles. The highest BCUT2D eigenvalue weighted by Gasteiger charge is 2.26. The van der Waals surface area contributed by atoms with Crippen molar-refractivity contribution < 1.29 is 0 Å². The molecule has 0 aliphatic carbocycles. The van der Waals surface area contributed by atoms with Crippen LogP contribution in [0.4, 0.5) is 0 Å². The van der Waals surface area contributed by atoms with Gasteiger partial charge in [-0.15, -0.1) is 0 Å². The molecular formula is C24H37N5O. The minimum Gasteiger partial charge on any atom is -0.306 e. The summed E-state index contributed by atoms with van der Waals surface area (Å²) in [6.07, 6.45) is 2.60. The Labute approximate surface area is 181 Å². The highest BCUT2D eigenvalue weighted by Crippen LogP contribution is 2.18. The number of benzene rings is 1. The molecule has 2 fully saturated rings. The third-order valence-electron chi connectivity index (χ3n) is 6.42. The molecule has 1 aromatic heterocycles. The third-order valence-corrected chi connectivity index (χ3v) is 6.42. The van der Waals surface area contributed by atoms with Crippen LogP contribution in [0.25, 0.3) is 11.0 Å². The first-order valence-electron chi connectivity index (χ1n) is 11.3. The Morgan fingerprint density at radius 3 is 2.27 bits per heavy atom. The van der Waals surface area contributed by atoms with E-state index in [0.29, 0.717) is 0 Å². The number of piperidine rings is 1. The second kappa shape index (κ2) is 10.3. The van der Waals surface area contributed by atoms with Gasteiger partial charge in [-0.05, 0) is 45.1 Å². The molecule has 3 heterocycles. The third kappa shape index (κ3) is 4.80. The van der Waals surface area contributed by atoms with Gasteiger partial charge in [-0.1, -0.05) is 31.8 Å². The van der Waals surface area contributed by atoms with Crippen LogP contribution in [0.2, 0.25) is 0 Å². The minimum atomic E-state index is -0.00530. The molecule has 0 amide bonds. The van der Waals surface area contributed by atoms with E-state index in [4.69, 9.17) is 0 Å². The fourth-order valence-corrected chi connectivity index (χ4v) is 4.57. The standard InChI is InChI=1S/C22H31N5O.C2H6/c1-23-12-9-19(10-13-23)27-16-14-26(15-17-27)11-5-7-18-6-4-8-20-21(18)25(3)22(28)24(20)2;1-2/h4,6,8,19H,9-17H2,1-3H3;1-2H3. The van der Waals surface area contributed by atoms with Gasteiger partial charge in [-0.25, -0.2) is 4.79 Å². The first-order valence-corrected chi connectivity index (χ1v) is 11.3. The van der Waals surface area contributed by atoms with Gasteiger partial charge < -0.3 is 4.90 Å². The lowest BCUT2D eigenvalue weighted by molar-refractivity contribution is 0.0698. The lowest BCUT2D eigenvalue weighted by Gasteiger charge is -2.41. The number of hydrogen-bond acceptors (Lipinski definition) is 4. The number of piperazine rings is 1. The summed E-state index contributed by atoms with van der Waals surface area (Å²) >= 11 is 0. The second-order valence-electron chi connectivity index (χ2n) is 8.22. The summed E-state index contributed by atoms with van der Waals surface area (Å²) in [5.74, 6) is 6.66. The molecule has 4 rings (SSSR count). The fourth-order valence-electron chi connectivity index (χ4n) is 4.57. The summed E-state index contributed by atoms with van der Waals surface area (Å²) in [5.41, 5.74) is 2.79. The van der Waals surface area contributed by atoms with Gasteiger partial charge in [0.2, 0.25) is 0 Å². The molecular weight excluding hydrogens is 374 g/mol. The van der Waals surface area contributed by atoms with Gasteiger partial charge in [0.1, 0.15) is 0 Å². The van der Waals surface area contributed by atoms with Gasteiger partial charge in [0.05, 0.1) is 23.1 Å². The predicted molar refractivity (Wildman–Crippen MR) is 125 cm³/mol. The zero-order valence-corrected chi connectivity index (χ0v) is 19.3. The van der Waals surface area contributed by atoms with Crippen LogP contribution in [-0.4, -0.2) is 82.7 Å². The summed E-state index contributed by atoms with van der Waals surface area (Å²) in [6, 6.07) is 6.73. The Hall–Kier alpha value is -2.07. The fraction of sp³-hybridized carbons (Fsp3) is 0.625. The second-order valence-corrected chi connectivity index (χ2v) is 8.22. The Morgan fingerprint density at radius 2 is 1.60 bits per heavy atom. The van der Waals surface area contributed by atoms with Crippen molar-refractivity contribution in [3.8, 4) is 11.8 Å². The van der Waals surface area contributed by atoms with Crippen LogP contribution < -0.4 is 5.69 Å². The Kier molecular flexibility index (Phi) is 7.76. The van der Waals surface area contributed by atoms with Crippen molar-refractivity contribution in [2.24, 2.45) is 14.1 Å². The molecule has 2 aliphatic rings. The SMILES string of the molecule is CC.CN1CCC(N2CCN(CC#Cc3cccc4c3n(C)c(=O)n4C)CC2)CC1. The number of likely N-dealkylation sites (tertiary alicyclic amines) is 1. The zero-order chi connectivity index (χ0) is 21.7. The molecule has 0 N–H and O–H groups in total. The summed E-state index contributed by atoms with van der Waals surface area (Å²) < 4.78 is 3.38. The molecule has 0 spiro atoms. The molecule has 0 unspecified atom stereocenters. The van der Waals surface area contributed by atoms with E-state index in [0.717, 1.165) is 55.4 Å². The van der Waals surface area contributed by atoms with Crippen molar-refractivity contribution >= 4 is 11.0 Å². The molecule has 0 atom stereocenters. The van der Waals surface area contributed by atoms with E-state index in [1.807, 2.05) is 46.1 Å². The van der Waals surface area contributed by atoms with E-state index in [2.05, 4.69) is 33.6 Å². The molecule has 0 bridgehead atoms. The first kappa shape index (κ1) is 22.6. The van der Waals surface area contributed by atoms with Crippen molar-refractivity contribution in [2.75, 3.05) is 52.9 Å². The predicted octanol–water partition coefficient (Wildman–Crippen LogP) is 1.97. The number of hydrogen-bond donors (Lipinski definition) is 0. The van der Waals surface area contributed by atoms with Crippen molar-refractivity contribution in [2.45, 2.75) is 32.7 Å². The number of imidazole rings is 1. The summed E-state index contributed by atoms with van der Waals surface area (Å²) in [5, 5.41) is 0. The average Bonchev–Trinajstić information content (AvgIpc) is 3.01. The smallest absolute Gasteiger partial charge is 0.306 e. The van der Waals surface area contributed by atoms with Gasteiger partial charge in [-0.2, -0.15) is 0 Å². The maximum absolute atomic E-state index is 12.2. The van der Waals surface area contributed by atoms with Crippen molar-refractivity contribution in [3.63, 3.8) is 0 Å². The molecule has 6 nitrogen and oxygen atoms in total. The number of fused-ring (bicyclic) bond motifs is 1. The van der Waals surface area contributed by atoms with Crippen LogP contribution in [0, 0.1) is 11.8 Å². The van der Waals surface area contributed by atoms with Crippen LogP contribution in [0.15, 0.2) is 23.0 Å². The lowest BCUT2D eigenvalue weighted by atomic mass is 10.0. The van der Waals surface area contributed by atoms with Crippen LogP contribution in [0.1, 0.15) is 32.3 Å². The monoisotopic (exact) mass is 411 g/mol. The normalized spacial score (nSPS) is 19.2. The largest absolute Gasteiger partial charge is 0.328 e. The molecule has 0 saturated carbocycles. The van der Waals surface area contributed by atoms with Crippen molar-refractivity contribution in [1.82, 2.24) is 23.8 Å².